The van der Waals surface area contributed by atoms with Crippen LogP contribution in [0.4, 0.5) is 4.39 Å². The van der Waals surface area contributed by atoms with Gasteiger partial charge in [0, 0.05) is 22.6 Å². The SMILES string of the molecule is CC[C@H](C)NCc1cc(Br)ccc1F. The lowest BCUT2D eigenvalue weighted by molar-refractivity contribution is 0.517. The van der Waals surface area contributed by atoms with Gasteiger partial charge in [-0.3, -0.25) is 0 Å². The van der Waals surface area contributed by atoms with Gasteiger partial charge >= 0.3 is 0 Å². The molecule has 78 valence electrons. The molecule has 3 heteroatoms. The Labute approximate surface area is 92.8 Å². The third kappa shape index (κ3) is 3.39. The average Bonchev–Trinajstić information content (AvgIpc) is 2.19. The zero-order valence-corrected chi connectivity index (χ0v) is 10.1. The zero-order valence-electron chi connectivity index (χ0n) is 8.48. The summed E-state index contributed by atoms with van der Waals surface area (Å²) in [6.45, 7) is 4.78. The maximum Gasteiger partial charge on any atom is 0.127 e. The van der Waals surface area contributed by atoms with Gasteiger partial charge in [0.15, 0.2) is 0 Å². The first-order valence-corrected chi connectivity index (χ1v) is 5.60. The summed E-state index contributed by atoms with van der Waals surface area (Å²) in [5, 5.41) is 3.26. The Morgan fingerprint density at radius 3 is 2.86 bits per heavy atom. The molecule has 0 spiro atoms. The van der Waals surface area contributed by atoms with Gasteiger partial charge in [-0.15, -0.1) is 0 Å². The number of halogens is 2. The molecule has 0 aromatic heterocycles. The fourth-order valence-electron chi connectivity index (χ4n) is 1.11. The van der Waals surface area contributed by atoms with Crippen LogP contribution in [0.1, 0.15) is 25.8 Å². The summed E-state index contributed by atoms with van der Waals surface area (Å²) < 4.78 is 14.2. The highest BCUT2D eigenvalue weighted by Gasteiger charge is 2.04. The Morgan fingerprint density at radius 1 is 1.50 bits per heavy atom. The summed E-state index contributed by atoms with van der Waals surface area (Å²) in [5.74, 6) is -0.149. The molecule has 0 saturated heterocycles. The van der Waals surface area contributed by atoms with Crippen LogP contribution >= 0.6 is 15.9 Å². The second-order valence-corrected chi connectivity index (χ2v) is 4.34. The number of hydrogen-bond donors (Lipinski definition) is 1. The highest BCUT2D eigenvalue weighted by molar-refractivity contribution is 9.10. The predicted molar refractivity (Wildman–Crippen MR) is 60.7 cm³/mol. The smallest absolute Gasteiger partial charge is 0.127 e. The van der Waals surface area contributed by atoms with Crippen molar-refractivity contribution in [1.82, 2.24) is 5.32 Å². The maximum absolute atomic E-state index is 13.3. The molecule has 1 N–H and O–H groups in total. The molecule has 1 nitrogen and oxygen atoms in total. The van der Waals surface area contributed by atoms with Gasteiger partial charge in [0.05, 0.1) is 0 Å². The molecular formula is C11H15BrFN. The molecule has 0 radical (unpaired) electrons. The van der Waals surface area contributed by atoms with E-state index in [2.05, 4.69) is 35.1 Å². The second kappa shape index (κ2) is 5.47. The van der Waals surface area contributed by atoms with E-state index >= 15 is 0 Å². The van der Waals surface area contributed by atoms with E-state index in [9.17, 15) is 4.39 Å². The van der Waals surface area contributed by atoms with E-state index in [0.29, 0.717) is 18.2 Å². The molecule has 0 saturated carbocycles. The molecule has 0 fully saturated rings. The van der Waals surface area contributed by atoms with Crippen molar-refractivity contribution in [3.63, 3.8) is 0 Å². The van der Waals surface area contributed by atoms with Crippen LogP contribution in [0.25, 0.3) is 0 Å². The summed E-state index contributed by atoms with van der Waals surface area (Å²) in [5.41, 5.74) is 0.708. The largest absolute Gasteiger partial charge is 0.310 e. The third-order valence-electron chi connectivity index (χ3n) is 2.26. The topological polar surface area (TPSA) is 12.0 Å². The van der Waals surface area contributed by atoms with Gasteiger partial charge in [-0.25, -0.2) is 4.39 Å². The number of hydrogen-bond acceptors (Lipinski definition) is 1. The van der Waals surface area contributed by atoms with Crippen molar-refractivity contribution < 1.29 is 4.39 Å². The lowest BCUT2D eigenvalue weighted by atomic mass is 10.2. The molecule has 14 heavy (non-hydrogen) atoms. The van der Waals surface area contributed by atoms with Gasteiger partial charge in [0.1, 0.15) is 5.82 Å². The molecule has 0 unspecified atom stereocenters. The van der Waals surface area contributed by atoms with Gasteiger partial charge < -0.3 is 5.32 Å². The Hall–Kier alpha value is -0.410. The van der Waals surface area contributed by atoms with Crippen LogP contribution in [-0.4, -0.2) is 6.04 Å². The summed E-state index contributed by atoms with van der Waals surface area (Å²) >= 11 is 3.33. The minimum atomic E-state index is -0.149. The first-order valence-electron chi connectivity index (χ1n) is 4.80. The fourth-order valence-corrected chi connectivity index (χ4v) is 1.52. The van der Waals surface area contributed by atoms with Crippen LogP contribution in [0.15, 0.2) is 22.7 Å². The lowest BCUT2D eigenvalue weighted by Crippen LogP contribution is -2.24. The normalized spacial score (nSPS) is 12.9. The van der Waals surface area contributed by atoms with Crippen molar-refractivity contribution in [1.29, 1.82) is 0 Å². The summed E-state index contributed by atoms with van der Waals surface area (Å²) in [6, 6.07) is 5.43. The van der Waals surface area contributed by atoms with Crippen molar-refractivity contribution in [2.75, 3.05) is 0 Å². The van der Waals surface area contributed by atoms with Crippen LogP contribution in [0, 0.1) is 5.82 Å². The second-order valence-electron chi connectivity index (χ2n) is 3.43. The molecule has 0 bridgehead atoms. The number of rotatable bonds is 4. The summed E-state index contributed by atoms with van der Waals surface area (Å²) in [4.78, 5) is 0. The Bertz CT molecular complexity index is 301. The Balaban J connectivity index is 2.62. The molecule has 0 aliphatic carbocycles. The fraction of sp³-hybridized carbons (Fsp3) is 0.455. The van der Waals surface area contributed by atoms with Crippen molar-refractivity contribution in [3.05, 3.63) is 34.1 Å². The van der Waals surface area contributed by atoms with Crippen molar-refractivity contribution in [2.24, 2.45) is 0 Å². The van der Waals surface area contributed by atoms with Crippen molar-refractivity contribution in [2.45, 2.75) is 32.9 Å². The Morgan fingerprint density at radius 2 is 2.21 bits per heavy atom. The number of benzene rings is 1. The van der Waals surface area contributed by atoms with Crippen LogP contribution in [0.2, 0.25) is 0 Å². The van der Waals surface area contributed by atoms with Crippen LogP contribution < -0.4 is 5.32 Å². The third-order valence-corrected chi connectivity index (χ3v) is 2.75. The minimum Gasteiger partial charge on any atom is -0.310 e. The van der Waals surface area contributed by atoms with Gasteiger partial charge in [-0.1, -0.05) is 22.9 Å². The van der Waals surface area contributed by atoms with Crippen LogP contribution in [0.5, 0.6) is 0 Å². The van der Waals surface area contributed by atoms with Gasteiger partial charge in [-0.05, 0) is 31.5 Å². The van der Waals surface area contributed by atoms with E-state index in [1.807, 2.05) is 6.07 Å². The standard InChI is InChI=1S/C11H15BrFN/c1-3-8(2)14-7-9-6-10(12)4-5-11(9)13/h4-6,8,14H,3,7H2,1-2H3/t8-/m0/s1. The number of nitrogens with one attached hydrogen (secondary N) is 1. The molecule has 0 aliphatic heterocycles. The van der Waals surface area contributed by atoms with Gasteiger partial charge in [0.2, 0.25) is 0 Å². The highest BCUT2D eigenvalue weighted by atomic mass is 79.9. The summed E-state index contributed by atoms with van der Waals surface area (Å²) in [6.07, 6.45) is 1.05. The van der Waals surface area contributed by atoms with E-state index in [1.165, 1.54) is 6.07 Å². The minimum absolute atomic E-state index is 0.149. The summed E-state index contributed by atoms with van der Waals surface area (Å²) in [7, 11) is 0. The van der Waals surface area contributed by atoms with Crippen LogP contribution in [-0.2, 0) is 6.54 Å². The van der Waals surface area contributed by atoms with Gasteiger partial charge in [-0.2, -0.15) is 0 Å². The Kier molecular flexibility index (Phi) is 4.55. The molecule has 1 rings (SSSR count). The maximum atomic E-state index is 13.3. The van der Waals surface area contributed by atoms with E-state index < -0.39 is 0 Å². The average molecular weight is 260 g/mol. The molecule has 1 aromatic carbocycles. The highest BCUT2D eigenvalue weighted by Crippen LogP contribution is 2.15. The van der Waals surface area contributed by atoms with Crippen molar-refractivity contribution >= 4 is 15.9 Å². The predicted octanol–water partition coefficient (Wildman–Crippen LogP) is 3.48. The van der Waals surface area contributed by atoms with E-state index in [-0.39, 0.29) is 5.82 Å². The zero-order chi connectivity index (χ0) is 10.6. The quantitative estimate of drug-likeness (QED) is 0.873. The van der Waals surface area contributed by atoms with E-state index in [0.717, 1.165) is 10.9 Å². The first-order chi connectivity index (χ1) is 6.63. The van der Waals surface area contributed by atoms with Gasteiger partial charge in [0.25, 0.3) is 0 Å². The first kappa shape index (κ1) is 11.7. The van der Waals surface area contributed by atoms with E-state index in [4.69, 9.17) is 0 Å². The molecular weight excluding hydrogens is 245 g/mol. The van der Waals surface area contributed by atoms with E-state index in [1.54, 1.807) is 6.07 Å². The molecule has 0 amide bonds. The van der Waals surface area contributed by atoms with Crippen LogP contribution in [0.3, 0.4) is 0 Å². The molecule has 1 aromatic rings. The monoisotopic (exact) mass is 259 g/mol. The molecule has 0 aliphatic rings. The lowest BCUT2D eigenvalue weighted by Gasteiger charge is -2.11. The molecule has 0 heterocycles. The molecule has 1 atom stereocenters. The van der Waals surface area contributed by atoms with Crippen molar-refractivity contribution in [3.8, 4) is 0 Å².